The van der Waals surface area contributed by atoms with Crippen LogP contribution in [0.15, 0.2) is 17.4 Å². The molecule has 1 atom stereocenters. The molecule has 2 aromatic heterocycles. The van der Waals surface area contributed by atoms with Crippen LogP contribution >= 0.6 is 35.0 Å². The number of halogens is 2. The maximum atomic E-state index is 12.1. The molecule has 122 valence electrons. The van der Waals surface area contributed by atoms with Crippen molar-refractivity contribution in [1.82, 2.24) is 19.9 Å². The number of nitrogens with zero attached hydrogens (tertiary/aromatic N) is 4. The molecule has 9 heteroatoms. The number of carbonyl (C=O) groups excluding carboxylic acids is 1. The Morgan fingerprint density at radius 3 is 2.83 bits per heavy atom. The van der Waals surface area contributed by atoms with Crippen molar-refractivity contribution in [3.63, 3.8) is 0 Å². The Balaban J connectivity index is 2.10. The largest absolute Gasteiger partial charge is 0.337 e. The van der Waals surface area contributed by atoms with Crippen molar-refractivity contribution in [3.05, 3.63) is 22.3 Å². The van der Waals surface area contributed by atoms with Crippen LogP contribution in [0.2, 0.25) is 10.0 Å². The lowest BCUT2D eigenvalue weighted by molar-refractivity contribution is -0.120. The van der Waals surface area contributed by atoms with Crippen molar-refractivity contribution in [1.29, 1.82) is 5.26 Å². The van der Waals surface area contributed by atoms with Crippen LogP contribution in [-0.4, -0.2) is 31.8 Å². The highest BCUT2D eigenvalue weighted by Gasteiger charge is 2.30. The predicted octanol–water partition coefficient (Wildman–Crippen LogP) is 3.18. The molecule has 0 fully saturated rings. The Bertz CT molecular complexity index is 785. The zero-order chi connectivity index (χ0) is 17.2. The van der Waals surface area contributed by atoms with Crippen LogP contribution in [-0.2, 0) is 4.79 Å². The van der Waals surface area contributed by atoms with Crippen LogP contribution < -0.4 is 5.32 Å². The number of nitrogens with one attached hydrogen (secondary N) is 1. The first-order valence-corrected chi connectivity index (χ1v) is 8.56. The second-order valence-corrected chi connectivity index (χ2v) is 7.27. The van der Waals surface area contributed by atoms with Crippen LogP contribution in [0.1, 0.15) is 20.8 Å². The van der Waals surface area contributed by atoms with Gasteiger partial charge in [0.15, 0.2) is 10.8 Å². The summed E-state index contributed by atoms with van der Waals surface area (Å²) >= 11 is 13.2. The first-order valence-electron chi connectivity index (χ1n) is 6.81. The van der Waals surface area contributed by atoms with Crippen molar-refractivity contribution >= 4 is 46.5 Å². The maximum absolute atomic E-state index is 12.1. The van der Waals surface area contributed by atoms with Crippen LogP contribution in [0, 0.1) is 17.2 Å². The molecule has 23 heavy (non-hydrogen) atoms. The third kappa shape index (κ3) is 3.89. The van der Waals surface area contributed by atoms with Gasteiger partial charge < -0.3 is 5.32 Å². The number of carbonyl (C=O) groups is 1. The number of hydrogen-bond donors (Lipinski definition) is 1. The number of aromatic nitrogens is 3. The highest BCUT2D eigenvalue weighted by molar-refractivity contribution is 7.99. The summed E-state index contributed by atoms with van der Waals surface area (Å²) < 4.78 is 1.63. The summed E-state index contributed by atoms with van der Waals surface area (Å²) in [5.41, 5.74) is -0.431. The molecule has 0 bridgehead atoms. The molecule has 0 aliphatic rings. The fourth-order valence-electron chi connectivity index (χ4n) is 1.76. The lowest BCUT2D eigenvalue weighted by Crippen LogP contribution is -2.49. The van der Waals surface area contributed by atoms with Crippen molar-refractivity contribution in [2.75, 3.05) is 5.75 Å². The van der Waals surface area contributed by atoms with Gasteiger partial charge in [0.25, 0.3) is 0 Å². The number of nitriles is 1. The van der Waals surface area contributed by atoms with Crippen molar-refractivity contribution < 1.29 is 4.79 Å². The quantitative estimate of drug-likeness (QED) is 0.815. The second-order valence-electron chi connectivity index (χ2n) is 5.49. The first kappa shape index (κ1) is 17.9. The lowest BCUT2D eigenvalue weighted by Gasteiger charge is -2.27. The molecule has 2 heterocycles. The summed E-state index contributed by atoms with van der Waals surface area (Å²) in [6.07, 6.45) is 1.64. The van der Waals surface area contributed by atoms with E-state index < -0.39 is 5.54 Å². The van der Waals surface area contributed by atoms with Crippen LogP contribution in [0.3, 0.4) is 0 Å². The molecule has 0 saturated carbocycles. The van der Waals surface area contributed by atoms with Gasteiger partial charge in [-0.25, -0.2) is 0 Å². The van der Waals surface area contributed by atoms with E-state index in [1.54, 1.807) is 23.6 Å². The SMILES string of the molecule is CC(C)[C@](C)(C#N)NC(=O)CSc1nnc2c(Cl)cc(Cl)cn12. The van der Waals surface area contributed by atoms with Gasteiger partial charge in [0, 0.05) is 6.20 Å². The molecule has 6 nitrogen and oxygen atoms in total. The Morgan fingerprint density at radius 2 is 2.22 bits per heavy atom. The molecule has 0 aromatic carbocycles. The molecular weight excluding hydrogens is 357 g/mol. The summed E-state index contributed by atoms with van der Waals surface area (Å²) in [4.78, 5) is 12.1. The summed E-state index contributed by atoms with van der Waals surface area (Å²) in [5.74, 6) is -0.153. The number of thioether (sulfide) groups is 1. The summed E-state index contributed by atoms with van der Waals surface area (Å²) in [6.45, 7) is 5.46. The molecule has 1 N–H and O–H groups in total. The van der Waals surface area contributed by atoms with E-state index in [9.17, 15) is 10.1 Å². The van der Waals surface area contributed by atoms with Gasteiger partial charge in [0.05, 0.1) is 21.9 Å². The minimum Gasteiger partial charge on any atom is -0.337 e. The van der Waals surface area contributed by atoms with E-state index in [4.69, 9.17) is 23.2 Å². The molecule has 0 saturated heterocycles. The number of pyridine rings is 1. The standard InChI is InChI=1S/C14H15Cl2N5OS/c1-8(2)14(3,7-17)18-11(22)6-23-13-20-19-12-10(16)4-9(15)5-21(12)13/h4-5,8H,6H2,1-3H3,(H,18,22)/t14-/m0/s1. The number of amides is 1. The van der Waals surface area contributed by atoms with Crippen LogP contribution in [0.25, 0.3) is 5.65 Å². The maximum Gasteiger partial charge on any atom is 0.231 e. The zero-order valence-corrected chi connectivity index (χ0v) is 15.1. The third-order valence-electron chi connectivity index (χ3n) is 3.51. The number of fused-ring (bicyclic) bond motifs is 1. The first-order chi connectivity index (χ1) is 10.8. The van der Waals surface area contributed by atoms with E-state index in [2.05, 4.69) is 21.6 Å². The summed E-state index contributed by atoms with van der Waals surface area (Å²) in [7, 11) is 0. The fourth-order valence-corrected chi connectivity index (χ4v) is 2.98. The fraction of sp³-hybridized carbons (Fsp3) is 0.429. The monoisotopic (exact) mass is 371 g/mol. The van der Waals surface area contributed by atoms with Gasteiger partial charge in [-0.2, -0.15) is 5.26 Å². The third-order valence-corrected chi connectivity index (χ3v) is 4.94. The molecule has 0 radical (unpaired) electrons. The Labute approximate surface area is 148 Å². The van der Waals surface area contributed by atoms with E-state index in [1.807, 2.05) is 13.8 Å². The Hall–Kier alpha value is -1.49. The lowest BCUT2D eigenvalue weighted by atomic mass is 9.90. The van der Waals surface area contributed by atoms with E-state index in [1.165, 1.54) is 11.8 Å². The van der Waals surface area contributed by atoms with E-state index in [0.717, 1.165) is 0 Å². The van der Waals surface area contributed by atoms with Gasteiger partial charge in [0.1, 0.15) is 5.54 Å². The van der Waals surface area contributed by atoms with Gasteiger partial charge in [0.2, 0.25) is 5.91 Å². The summed E-state index contributed by atoms with van der Waals surface area (Å²) in [6, 6.07) is 3.72. The average Bonchev–Trinajstić information content (AvgIpc) is 2.88. The molecule has 0 unspecified atom stereocenters. The number of rotatable bonds is 5. The van der Waals surface area contributed by atoms with Gasteiger partial charge in [-0.3, -0.25) is 9.20 Å². The van der Waals surface area contributed by atoms with Gasteiger partial charge in [-0.1, -0.05) is 48.8 Å². The van der Waals surface area contributed by atoms with Crippen LogP contribution in [0.4, 0.5) is 0 Å². The second kappa shape index (κ2) is 6.95. The Kier molecular flexibility index (Phi) is 5.40. The molecule has 2 rings (SSSR count). The summed E-state index contributed by atoms with van der Waals surface area (Å²) in [5, 5.41) is 21.3. The smallest absolute Gasteiger partial charge is 0.231 e. The normalized spacial score (nSPS) is 13.8. The molecular formula is C14H15Cl2N5OS. The van der Waals surface area contributed by atoms with Crippen molar-refractivity contribution in [2.24, 2.45) is 5.92 Å². The average molecular weight is 372 g/mol. The van der Waals surface area contributed by atoms with Crippen LogP contribution in [0.5, 0.6) is 0 Å². The molecule has 0 aliphatic heterocycles. The highest BCUT2D eigenvalue weighted by atomic mass is 35.5. The Morgan fingerprint density at radius 1 is 1.52 bits per heavy atom. The van der Waals surface area contributed by atoms with E-state index >= 15 is 0 Å². The van der Waals surface area contributed by atoms with E-state index in [-0.39, 0.29) is 17.6 Å². The predicted molar refractivity (Wildman–Crippen MR) is 90.7 cm³/mol. The molecule has 1 amide bonds. The zero-order valence-electron chi connectivity index (χ0n) is 12.8. The van der Waals surface area contributed by atoms with E-state index in [0.29, 0.717) is 20.8 Å². The van der Waals surface area contributed by atoms with Crippen molar-refractivity contribution in [2.45, 2.75) is 31.5 Å². The van der Waals surface area contributed by atoms with Crippen molar-refractivity contribution in [3.8, 4) is 6.07 Å². The van der Waals surface area contributed by atoms with Gasteiger partial charge in [-0.05, 0) is 18.9 Å². The van der Waals surface area contributed by atoms with Gasteiger partial charge >= 0.3 is 0 Å². The minimum atomic E-state index is -0.906. The molecule has 2 aromatic rings. The molecule has 0 spiro atoms. The van der Waals surface area contributed by atoms with Gasteiger partial charge in [-0.15, -0.1) is 10.2 Å². The minimum absolute atomic E-state index is 0.00650. The topological polar surface area (TPSA) is 83.1 Å². The highest BCUT2D eigenvalue weighted by Crippen LogP contribution is 2.25. The molecule has 0 aliphatic carbocycles. The number of hydrogen-bond acceptors (Lipinski definition) is 5.